The van der Waals surface area contributed by atoms with Crippen LogP contribution in [-0.4, -0.2) is 44.7 Å². The van der Waals surface area contributed by atoms with E-state index in [9.17, 15) is 31.2 Å². The van der Waals surface area contributed by atoms with Crippen molar-refractivity contribution < 1.29 is 44.9 Å². The monoisotopic (exact) mass is 405 g/mol. The van der Waals surface area contributed by atoms with Gasteiger partial charge in [-0.05, 0) is 23.6 Å². The fraction of sp³-hybridized carbons (Fsp3) is 0.200. The highest BCUT2D eigenvalue weighted by Crippen LogP contribution is 2.35. The average molecular weight is 405 g/mol. The Kier molecular flexibility index (Phi) is 4.57. The van der Waals surface area contributed by atoms with Gasteiger partial charge in [0.05, 0.1) is 11.1 Å². The number of nitrogens with zero attached hydrogens (tertiary/aromatic N) is 1. The van der Waals surface area contributed by atoms with Gasteiger partial charge in [0.25, 0.3) is 11.8 Å². The number of hydroxylamine groups is 2. The van der Waals surface area contributed by atoms with Crippen molar-refractivity contribution in [3.63, 3.8) is 0 Å². The Labute approximate surface area is 150 Å². The molecule has 0 fully saturated rings. The zero-order valence-electron chi connectivity index (χ0n) is 13.4. The molecular weight excluding hydrogens is 395 g/mol. The Morgan fingerprint density at radius 3 is 2.37 bits per heavy atom. The van der Waals surface area contributed by atoms with Crippen LogP contribution in [0, 0.1) is 0 Å². The molecule has 0 aliphatic carbocycles. The number of methoxy groups -OCH3 is 1. The van der Waals surface area contributed by atoms with Gasteiger partial charge >= 0.3 is 15.6 Å². The van der Waals surface area contributed by atoms with Gasteiger partial charge in [-0.25, -0.2) is 0 Å². The van der Waals surface area contributed by atoms with E-state index in [1.807, 2.05) is 0 Å². The number of carbonyl (C=O) groups excluding carboxylic acids is 2. The summed E-state index contributed by atoms with van der Waals surface area (Å²) in [6, 6.07) is 6.82. The molecule has 0 saturated heterocycles. The van der Waals surface area contributed by atoms with Crippen molar-refractivity contribution >= 4 is 32.7 Å². The lowest BCUT2D eigenvalue weighted by atomic mass is 9.95. The quantitative estimate of drug-likeness (QED) is 0.427. The number of amides is 2. The summed E-state index contributed by atoms with van der Waals surface area (Å²) in [7, 11) is -4.87. The summed E-state index contributed by atoms with van der Waals surface area (Å²) in [5, 5.41) is 0.0951. The zero-order chi connectivity index (χ0) is 20.0. The number of imide groups is 1. The summed E-state index contributed by atoms with van der Waals surface area (Å²) in [6.45, 7) is -0.180. The second-order valence-electron chi connectivity index (χ2n) is 5.30. The molecule has 2 aromatic rings. The number of ether oxygens (including phenoxy) is 2. The van der Waals surface area contributed by atoms with E-state index in [-0.39, 0.29) is 29.1 Å². The molecule has 2 amide bonds. The van der Waals surface area contributed by atoms with Crippen LogP contribution in [0.5, 0.6) is 5.75 Å². The van der Waals surface area contributed by atoms with E-state index in [1.165, 1.54) is 25.3 Å². The number of halogens is 3. The summed E-state index contributed by atoms with van der Waals surface area (Å²) in [6.07, 6.45) is 0. The Bertz CT molecular complexity index is 1050. The van der Waals surface area contributed by atoms with E-state index in [0.717, 1.165) is 6.07 Å². The molecule has 0 aromatic heterocycles. The number of benzene rings is 2. The van der Waals surface area contributed by atoms with Gasteiger partial charge in [0.2, 0.25) is 0 Å². The van der Waals surface area contributed by atoms with Crippen molar-refractivity contribution in [1.29, 1.82) is 0 Å². The van der Waals surface area contributed by atoms with E-state index < -0.39 is 32.5 Å². The highest BCUT2D eigenvalue weighted by atomic mass is 32.2. The normalized spacial score (nSPS) is 14.7. The molecule has 1 aliphatic heterocycles. The lowest BCUT2D eigenvalue weighted by molar-refractivity contribution is -0.0761. The van der Waals surface area contributed by atoms with Crippen LogP contribution in [0.2, 0.25) is 0 Å². The molecule has 0 spiro atoms. The SMILES string of the molecule is COCOc1cc2c3c(cccc3c1)C(=O)N(OS(=O)(=O)C(F)(F)F)C2=O. The zero-order valence-corrected chi connectivity index (χ0v) is 14.3. The summed E-state index contributed by atoms with van der Waals surface area (Å²) < 4.78 is 73.9. The highest BCUT2D eigenvalue weighted by molar-refractivity contribution is 7.87. The van der Waals surface area contributed by atoms with Crippen LogP contribution < -0.4 is 4.74 Å². The van der Waals surface area contributed by atoms with Gasteiger partial charge < -0.3 is 9.47 Å². The molecular formula is C15H10F3NO7S. The van der Waals surface area contributed by atoms with E-state index in [2.05, 4.69) is 4.28 Å². The first-order valence-corrected chi connectivity index (χ1v) is 8.56. The summed E-state index contributed by atoms with van der Waals surface area (Å²) in [5.74, 6) is -2.59. The minimum Gasteiger partial charge on any atom is -0.468 e. The predicted octanol–water partition coefficient (Wildman–Crippen LogP) is 2.20. The van der Waals surface area contributed by atoms with Gasteiger partial charge in [0.1, 0.15) is 5.75 Å². The maximum Gasteiger partial charge on any atom is 0.525 e. The first kappa shape index (κ1) is 19.1. The van der Waals surface area contributed by atoms with Crippen LogP contribution >= 0.6 is 0 Å². The van der Waals surface area contributed by atoms with Crippen LogP contribution in [0.3, 0.4) is 0 Å². The molecule has 12 heteroatoms. The average Bonchev–Trinajstić information content (AvgIpc) is 2.60. The van der Waals surface area contributed by atoms with Gasteiger partial charge in [-0.2, -0.15) is 21.6 Å². The molecule has 0 atom stereocenters. The Hall–Kier alpha value is -2.70. The molecule has 8 nitrogen and oxygen atoms in total. The van der Waals surface area contributed by atoms with E-state index in [4.69, 9.17) is 9.47 Å². The number of rotatable bonds is 5. The lowest BCUT2D eigenvalue weighted by Gasteiger charge is -2.26. The molecule has 0 bridgehead atoms. The molecule has 0 unspecified atom stereocenters. The Morgan fingerprint density at radius 1 is 1.07 bits per heavy atom. The fourth-order valence-electron chi connectivity index (χ4n) is 2.48. The standard InChI is InChI=1S/C15H10F3NO7S/c1-24-7-25-9-5-8-3-2-4-10-12(8)11(6-9)14(21)19(13(10)20)26-27(22,23)15(16,17)18/h2-6H,7H2,1H3. The fourth-order valence-corrected chi connectivity index (χ4v) is 2.89. The minimum absolute atomic E-state index is 0.123. The van der Waals surface area contributed by atoms with Crippen molar-refractivity contribution in [2.75, 3.05) is 13.9 Å². The van der Waals surface area contributed by atoms with Gasteiger partial charge in [-0.3, -0.25) is 9.59 Å². The molecule has 0 N–H and O–H groups in total. The van der Waals surface area contributed by atoms with Crippen molar-refractivity contribution in [1.82, 2.24) is 5.06 Å². The molecule has 0 saturated carbocycles. The van der Waals surface area contributed by atoms with Crippen molar-refractivity contribution in [3.8, 4) is 5.75 Å². The molecule has 1 heterocycles. The lowest BCUT2D eigenvalue weighted by Crippen LogP contribution is -2.44. The van der Waals surface area contributed by atoms with E-state index >= 15 is 0 Å². The van der Waals surface area contributed by atoms with Crippen molar-refractivity contribution in [2.45, 2.75) is 5.51 Å². The van der Waals surface area contributed by atoms with Gasteiger partial charge in [0.15, 0.2) is 6.79 Å². The molecule has 1 aliphatic rings. The third-order valence-electron chi connectivity index (χ3n) is 3.58. The summed E-state index contributed by atoms with van der Waals surface area (Å²) in [4.78, 5) is 24.9. The third kappa shape index (κ3) is 3.22. The first-order valence-electron chi connectivity index (χ1n) is 7.15. The van der Waals surface area contributed by atoms with Crippen molar-refractivity contribution in [3.05, 3.63) is 41.5 Å². The highest BCUT2D eigenvalue weighted by Gasteiger charge is 2.51. The van der Waals surface area contributed by atoms with Crippen LogP contribution in [0.25, 0.3) is 10.8 Å². The smallest absolute Gasteiger partial charge is 0.468 e. The summed E-state index contributed by atoms with van der Waals surface area (Å²) in [5.41, 5.74) is -6.27. The number of hydrogen-bond donors (Lipinski definition) is 0. The van der Waals surface area contributed by atoms with Crippen LogP contribution in [0.15, 0.2) is 30.3 Å². The van der Waals surface area contributed by atoms with Crippen LogP contribution in [0.1, 0.15) is 20.7 Å². The van der Waals surface area contributed by atoms with Gasteiger partial charge in [-0.15, -0.1) is 9.35 Å². The van der Waals surface area contributed by atoms with E-state index in [0.29, 0.717) is 5.39 Å². The van der Waals surface area contributed by atoms with Crippen LogP contribution in [0.4, 0.5) is 13.2 Å². The maximum absolute atomic E-state index is 12.6. The number of alkyl halides is 3. The topological polar surface area (TPSA) is 99.2 Å². The maximum atomic E-state index is 12.6. The second kappa shape index (κ2) is 6.48. The largest absolute Gasteiger partial charge is 0.525 e. The second-order valence-corrected chi connectivity index (χ2v) is 6.82. The molecule has 27 heavy (non-hydrogen) atoms. The minimum atomic E-state index is -6.23. The Balaban J connectivity index is 2.13. The summed E-state index contributed by atoms with van der Waals surface area (Å²) >= 11 is 0. The Morgan fingerprint density at radius 2 is 1.74 bits per heavy atom. The van der Waals surface area contributed by atoms with Gasteiger partial charge in [0, 0.05) is 12.5 Å². The predicted molar refractivity (Wildman–Crippen MR) is 83.0 cm³/mol. The third-order valence-corrected chi connectivity index (χ3v) is 4.49. The molecule has 2 aromatic carbocycles. The van der Waals surface area contributed by atoms with E-state index in [1.54, 1.807) is 6.07 Å². The number of hydrogen-bond acceptors (Lipinski definition) is 7. The molecule has 0 radical (unpaired) electrons. The van der Waals surface area contributed by atoms with Crippen molar-refractivity contribution in [2.24, 2.45) is 0 Å². The van der Waals surface area contributed by atoms with Gasteiger partial charge in [-0.1, -0.05) is 12.1 Å². The molecule has 144 valence electrons. The first-order chi connectivity index (χ1) is 12.6. The number of carbonyl (C=O) groups is 2. The van der Waals surface area contributed by atoms with Crippen LogP contribution in [-0.2, 0) is 19.1 Å². The molecule has 3 rings (SSSR count).